The van der Waals surface area contributed by atoms with Gasteiger partial charge in [0.25, 0.3) is 0 Å². The lowest BCUT2D eigenvalue weighted by atomic mass is 9.81. The molecule has 1 amide bonds. The minimum Gasteiger partial charge on any atom is -0.384 e. The Labute approximate surface area is 103 Å². The largest absolute Gasteiger partial charge is 0.384 e. The Balaban J connectivity index is 2.45. The van der Waals surface area contributed by atoms with Crippen molar-refractivity contribution in [1.82, 2.24) is 4.90 Å². The number of carbonyl (C=O) groups excluding carboxylic acids is 1. The van der Waals surface area contributed by atoms with Crippen LogP contribution in [0.1, 0.15) is 33.1 Å². The van der Waals surface area contributed by atoms with Gasteiger partial charge in [0.05, 0.1) is 6.61 Å². The molecule has 0 saturated carbocycles. The number of halogens is 1. The highest BCUT2D eigenvalue weighted by molar-refractivity contribution is 6.30. The van der Waals surface area contributed by atoms with Crippen LogP contribution in [-0.2, 0) is 9.53 Å². The average Bonchev–Trinajstić information content (AvgIpc) is 2.28. The summed E-state index contributed by atoms with van der Waals surface area (Å²) in [6, 6.07) is 0. The van der Waals surface area contributed by atoms with Gasteiger partial charge in [-0.25, -0.2) is 0 Å². The van der Waals surface area contributed by atoms with Gasteiger partial charge in [-0.2, -0.15) is 0 Å². The Morgan fingerprint density at radius 1 is 1.50 bits per heavy atom. The first-order valence-corrected chi connectivity index (χ1v) is 6.38. The number of methoxy groups -OCH3 is 1. The molecule has 0 aromatic carbocycles. The van der Waals surface area contributed by atoms with Crippen molar-refractivity contribution in [2.24, 2.45) is 5.41 Å². The summed E-state index contributed by atoms with van der Waals surface area (Å²) in [7, 11) is 1.73. The number of likely N-dealkylation sites (tertiary alicyclic amines) is 1. The van der Waals surface area contributed by atoms with Gasteiger partial charge in [0.15, 0.2) is 0 Å². The molecular formula is C12H22ClNO2. The molecule has 4 heteroatoms. The molecular weight excluding hydrogens is 226 g/mol. The van der Waals surface area contributed by atoms with Crippen molar-refractivity contribution in [3.8, 4) is 0 Å². The number of hydrogen-bond acceptors (Lipinski definition) is 2. The zero-order valence-electron chi connectivity index (χ0n) is 10.5. The molecule has 1 heterocycles. The SMILES string of the molecule is CC[C@H](Cl)C(=O)N1CCC(C)(COC)CC1. The van der Waals surface area contributed by atoms with Crippen LogP contribution in [0.3, 0.4) is 0 Å². The molecule has 16 heavy (non-hydrogen) atoms. The van der Waals surface area contributed by atoms with Gasteiger partial charge in [0.1, 0.15) is 5.38 Å². The lowest BCUT2D eigenvalue weighted by molar-refractivity contribution is -0.133. The second kappa shape index (κ2) is 5.87. The maximum absolute atomic E-state index is 11.9. The quantitative estimate of drug-likeness (QED) is 0.714. The Morgan fingerprint density at radius 2 is 2.06 bits per heavy atom. The van der Waals surface area contributed by atoms with E-state index in [-0.39, 0.29) is 16.7 Å². The molecule has 3 nitrogen and oxygen atoms in total. The van der Waals surface area contributed by atoms with E-state index in [1.54, 1.807) is 7.11 Å². The second-order valence-electron chi connectivity index (χ2n) is 4.94. The molecule has 0 aromatic rings. The summed E-state index contributed by atoms with van der Waals surface area (Å²) < 4.78 is 5.22. The number of piperidine rings is 1. The number of carbonyl (C=O) groups is 1. The van der Waals surface area contributed by atoms with Crippen molar-refractivity contribution < 1.29 is 9.53 Å². The van der Waals surface area contributed by atoms with Gasteiger partial charge >= 0.3 is 0 Å². The molecule has 0 aromatic heterocycles. The molecule has 0 N–H and O–H groups in total. The molecule has 1 fully saturated rings. The Kier molecular flexibility index (Phi) is 5.06. The van der Waals surface area contributed by atoms with E-state index in [4.69, 9.17) is 16.3 Å². The van der Waals surface area contributed by atoms with Crippen LogP contribution < -0.4 is 0 Å². The summed E-state index contributed by atoms with van der Waals surface area (Å²) in [4.78, 5) is 13.7. The fraction of sp³-hybridized carbons (Fsp3) is 0.917. The summed E-state index contributed by atoms with van der Waals surface area (Å²) in [5.74, 6) is 0.0867. The molecule has 0 unspecified atom stereocenters. The number of hydrogen-bond donors (Lipinski definition) is 0. The molecule has 0 spiro atoms. The maximum Gasteiger partial charge on any atom is 0.240 e. The van der Waals surface area contributed by atoms with E-state index in [1.807, 2.05) is 11.8 Å². The molecule has 0 bridgehead atoms. The highest BCUT2D eigenvalue weighted by Crippen LogP contribution is 2.31. The molecule has 1 atom stereocenters. The minimum atomic E-state index is -0.355. The topological polar surface area (TPSA) is 29.5 Å². The Morgan fingerprint density at radius 3 is 2.50 bits per heavy atom. The first-order chi connectivity index (χ1) is 7.52. The normalized spacial score (nSPS) is 21.9. The molecule has 1 rings (SSSR count). The van der Waals surface area contributed by atoms with Crippen molar-refractivity contribution in [3.63, 3.8) is 0 Å². The van der Waals surface area contributed by atoms with E-state index in [9.17, 15) is 4.79 Å². The van der Waals surface area contributed by atoms with Crippen molar-refractivity contribution in [1.29, 1.82) is 0 Å². The van der Waals surface area contributed by atoms with E-state index in [0.29, 0.717) is 6.42 Å². The summed E-state index contributed by atoms with van der Waals surface area (Å²) in [5.41, 5.74) is 0.222. The van der Waals surface area contributed by atoms with E-state index in [1.165, 1.54) is 0 Å². The van der Waals surface area contributed by atoms with Crippen molar-refractivity contribution in [2.75, 3.05) is 26.8 Å². The number of ether oxygens (including phenoxy) is 1. The monoisotopic (exact) mass is 247 g/mol. The predicted octanol–water partition coefficient (Wildman–Crippen LogP) is 2.28. The van der Waals surface area contributed by atoms with Gasteiger partial charge in [-0.15, -0.1) is 11.6 Å². The Hall–Kier alpha value is -0.280. The van der Waals surface area contributed by atoms with E-state index in [2.05, 4.69) is 6.92 Å². The summed E-state index contributed by atoms with van der Waals surface area (Å²) in [6.45, 7) is 6.54. The fourth-order valence-electron chi connectivity index (χ4n) is 2.13. The van der Waals surface area contributed by atoms with Gasteiger partial charge in [0.2, 0.25) is 5.91 Å². The van der Waals surface area contributed by atoms with Crippen LogP contribution >= 0.6 is 11.6 Å². The smallest absolute Gasteiger partial charge is 0.240 e. The summed E-state index contributed by atoms with van der Waals surface area (Å²) >= 11 is 5.97. The highest BCUT2D eigenvalue weighted by atomic mass is 35.5. The van der Waals surface area contributed by atoms with Crippen LogP contribution in [-0.4, -0.2) is 43.0 Å². The van der Waals surface area contributed by atoms with Crippen LogP contribution in [0.25, 0.3) is 0 Å². The lowest BCUT2D eigenvalue weighted by Crippen LogP contribution is -2.46. The van der Waals surface area contributed by atoms with Gasteiger partial charge < -0.3 is 9.64 Å². The first kappa shape index (κ1) is 13.8. The molecule has 94 valence electrons. The van der Waals surface area contributed by atoms with Crippen molar-refractivity contribution in [2.45, 2.75) is 38.5 Å². The minimum absolute atomic E-state index is 0.0867. The Bertz CT molecular complexity index is 237. The second-order valence-corrected chi connectivity index (χ2v) is 5.47. The third kappa shape index (κ3) is 3.36. The molecule has 0 radical (unpaired) electrons. The van der Waals surface area contributed by atoms with E-state index < -0.39 is 0 Å². The average molecular weight is 248 g/mol. The van der Waals surface area contributed by atoms with Crippen LogP contribution in [0.15, 0.2) is 0 Å². The van der Waals surface area contributed by atoms with Crippen LogP contribution in [0.5, 0.6) is 0 Å². The van der Waals surface area contributed by atoms with Gasteiger partial charge in [-0.3, -0.25) is 4.79 Å². The van der Waals surface area contributed by atoms with Crippen molar-refractivity contribution >= 4 is 17.5 Å². The van der Waals surface area contributed by atoms with Gasteiger partial charge in [-0.1, -0.05) is 13.8 Å². The molecule has 1 saturated heterocycles. The highest BCUT2D eigenvalue weighted by Gasteiger charge is 2.33. The zero-order chi connectivity index (χ0) is 12.2. The van der Waals surface area contributed by atoms with Crippen LogP contribution in [0, 0.1) is 5.41 Å². The summed E-state index contributed by atoms with van der Waals surface area (Å²) in [6.07, 6.45) is 2.70. The van der Waals surface area contributed by atoms with Gasteiger partial charge in [-0.05, 0) is 24.7 Å². The van der Waals surface area contributed by atoms with Crippen LogP contribution in [0.4, 0.5) is 0 Å². The lowest BCUT2D eigenvalue weighted by Gasteiger charge is -2.39. The summed E-state index contributed by atoms with van der Waals surface area (Å²) in [5, 5.41) is -0.355. The number of nitrogens with zero attached hydrogens (tertiary/aromatic N) is 1. The maximum atomic E-state index is 11.9. The third-order valence-electron chi connectivity index (χ3n) is 3.40. The van der Waals surface area contributed by atoms with Crippen LogP contribution in [0.2, 0.25) is 0 Å². The zero-order valence-corrected chi connectivity index (χ0v) is 11.2. The first-order valence-electron chi connectivity index (χ1n) is 5.94. The number of alkyl halides is 1. The third-order valence-corrected chi connectivity index (χ3v) is 3.90. The van der Waals surface area contributed by atoms with Gasteiger partial charge in [0, 0.05) is 20.2 Å². The molecule has 0 aliphatic carbocycles. The predicted molar refractivity (Wildman–Crippen MR) is 65.7 cm³/mol. The molecule has 1 aliphatic rings. The molecule has 1 aliphatic heterocycles. The fourth-order valence-corrected chi connectivity index (χ4v) is 2.27. The van der Waals surface area contributed by atoms with Crippen molar-refractivity contribution in [3.05, 3.63) is 0 Å². The number of rotatable bonds is 4. The van der Waals surface area contributed by atoms with E-state index in [0.717, 1.165) is 32.5 Å². The number of amides is 1. The van der Waals surface area contributed by atoms with E-state index >= 15 is 0 Å². The standard InChI is InChI=1S/C12H22ClNO2/c1-4-10(13)11(15)14-7-5-12(2,6-8-14)9-16-3/h10H,4-9H2,1-3H3/t10-/m0/s1.